The van der Waals surface area contributed by atoms with Crippen molar-refractivity contribution < 1.29 is 9.90 Å². The summed E-state index contributed by atoms with van der Waals surface area (Å²) in [6.45, 7) is 7.60. The first-order chi connectivity index (χ1) is 7.07. The van der Waals surface area contributed by atoms with Gasteiger partial charge in [0.15, 0.2) is 0 Å². The van der Waals surface area contributed by atoms with Crippen molar-refractivity contribution >= 4 is 5.78 Å². The molecule has 0 amide bonds. The molecule has 0 bridgehead atoms. The fraction of sp³-hybridized carbons (Fsp3) is 0.615. The van der Waals surface area contributed by atoms with Crippen molar-refractivity contribution in [3.05, 3.63) is 24.8 Å². The summed E-state index contributed by atoms with van der Waals surface area (Å²) < 4.78 is 0. The molecule has 0 saturated heterocycles. The lowest BCUT2D eigenvalue weighted by molar-refractivity contribution is -0.142. The van der Waals surface area contributed by atoms with Crippen LogP contribution in [-0.2, 0) is 4.79 Å². The molecule has 0 heterocycles. The van der Waals surface area contributed by atoms with Crippen molar-refractivity contribution in [2.24, 2.45) is 17.8 Å². The third kappa shape index (κ3) is 2.78. The highest BCUT2D eigenvalue weighted by Gasteiger charge is 2.42. The number of hydrogen-bond donors (Lipinski definition) is 1. The van der Waals surface area contributed by atoms with Crippen LogP contribution in [0.15, 0.2) is 24.8 Å². The Morgan fingerprint density at radius 1 is 1.67 bits per heavy atom. The average Bonchev–Trinajstić information content (AvgIpc) is 2.17. The zero-order valence-electron chi connectivity index (χ0n) is 9.52. The maximum absolute atomic E-state index is 11.3. The van der Waals surface area contributed by atoms with Crippen molar-refractivity contribution in [2.45, 2.75) is 32.8 Å². The lowest BCUT2D eigenvalue weighted by Gasteiger charge is -2.38. The topological polar surface area (TPSA) is 37.3 Å². The first-order valence-corrected chi connectivity index (χ1v) is 5.56. The number of aliphatic hydroxyl groups excluding tert-OH is 1. The molecule has 0 aromatic heterocycles. The van der Waals surface area contributed by atoms with Gasteiger partial charge in [0.2, 0.25) is 0 Å². The number of allylic oxidation sites excluding steroid dienone is 3. The molecule has 1 saturated carbocycles. The van der Waals surface area contributed by atoms with Crippen molar-refractivity contribution in [1.82, 2.24) is 0 Å². The minimum Gasteiger partial charge on any atom is -0.392 e. The van der Waals surface area contributed by atoms with E-state index < -0.39 is 6.10 Å². The van der Waals surface area contributed by atoms with E-state index >= 15 is 0 Å². The van der Waals surface area contributed by atoms with Gasteiger partial charge in [-0.3, -0.25) is 4.79 Å². The van der Waals surface area contributed by atoms with Gasteiger partial charge >= 0.3 is 0 Å². The zero-order valence-corrected chi connectivity index (χ0v) is 9.52. The third-order valence-corrected chi connectivity index (χ3v) is 3.24. The van der Waals surface area contributed by atoms with Gasteiger partial charge in [-0.15, -0.1) is 0 Å². The second-order valence-corrected chi connectivity index (χ2v) is 4.54. The Morgan fingerprint density at radius 3 is 2.80 bits per heavy atom. The molecule has 0 aromatic rings. The van der Waals surface area contributed by atoms with Crippen molar-refractivity contribution in [3.8, 4) is 0 Å². The van der Waals surface area contributed by atoms with Crippen LogP contribution in [0.2, 0.25) is 0 Å². The molecule has 2 nitrogen and oxygen atoms in total. The monoisotopic (exact) mass is 208 g/mol. The Morgan fingerprint density at radius 2 is 2.33 bits per heavy atom. The van der Waals surface area contributed by atoms with E-state index in [1.165, 1.54) is 0 Å². The molecule has 1 aliphatic rings. The van der Waals surface area contributed by atoms with Crippen LogP contribution in [0.4, 0.5) is 0 Å². The van der Waals surface area contributed by atoms with E-state index in [0.29, 0.717) is 12.3 Å². The van der Waals surface area contributed by atoms with Gasteiger partial charge in [0.25, 0.3) is 0 Å². The van der Waals surface area contributed by atoms with Gasteiger partial charge in [0, 0.05) is 12.3 Å². The summed E-state index contributed by atoms with van der Waals surface area (Å²) in [6, 6.07) is 0. The molecule has 1 fully saturated rings. The van der Waals surface area contributed by atoms with E-state index in [-0.39, 0.29) is 17.6 Å². The molecular weight excluding hydrogens is 188 g/mol. The number of Topliss-reactive ketones (excluding diaryl/α,β-unsaturated/α-hetero) is 1. The fourth-order valence-corrected chi connectivity index (χ4v) is 2.15. The second-order valence-electron chi connectivity index (χ2n) is 4.54. The Hall–Kier alpha value is -0.890. The normalized spacial score (nSPS) is 29.9. The molecule has 1 aliphatic carbocycles. The molecule has 0 radical (unpaired) electrons. The molecule has 0 spiro atoms. The zero-order chi connectivity index (χ0) is 11.4. The third-order valence-electron chi connectivity index (χ3n) is 3.24. The van der Waals surface area contributed by atoms with E-state index in [2.05, 4.69) is 6.58 Å². The Balaban J connectivity index is 2.44. The minimum absolute atomic E-state index is 0.128. The van der Waals surface area contributed by atoms with Crippen LogP contribution in [0, 0.1) is 17.8 Å². The average molecular weight is 208 g/mol. The molecule has 4 atom stereocenters. The molecule has 1 unspecified atom stereocenters. The number of aliphatic hydroxyl groups is 1. The van der Waals surface area contributed by atoms with Crippen LogP contribution in [0.25, 0.3) is 0 Å². The molecule has 1 N–H and O–H groups in total. The largest absolute Gasteiger partial charge is 0.392 e. The van der Waals surface area contributed by atoms with Gasteiger partial charge < -0.3 is 5.11 Å². The summed E-state index contributed by atoms with van der Waals surface area (Å²) in [4.78, 5) is 11.3. The van der Waals surface area contributed by atoms with E-state index in [4.69, 9.17) is 0 Å². The molecule has 2 heteroatoms. The summed E-state index contributed by atoms with van der Waals surface area (Å²) in [6.07, 6.45) is 6.51. The SMILES string of the molecule is C=C/C=C/C[C@@H](C)[C@@H](O)[C@H]1C(=O)CC1C. The molecule has 84 valence electrons. The molecule has 0 aromatic carbocycles. The number of rotatable bonds is 5. The quantitative estimate of drug-likeness (QED) is 0.704. The molecule has 0 aliphatic heterocycles. The van der Waals surface area contributed by atoms with Gasteiger partial charge in [-0.25, -0.2) is 0 Å². The van der Waals surface area contributed by atoms with E-state index in [1.54, 1.807) is 6.08 Å². The van der Waals surface area contributed by atoms with Crippen LogP contribution >= 0.6 is 0 Å². The highest BCUT2D eigenvalue weighted by Crippen LogP contribution is 2.36. The summed E-state index contributed by atoms with van der Waals surface area (Å²) in [5.41, 5.74) is 0. The molecule has 15 heavy (non-hydrogen) atoms. The fourth-order valence-electron chi connectivity index (χ4n) is 2.15. The Kier molecular flexibility index (Phi) is 4.28. The smallest absolute Gasteiger partial charge is 0.139 e. The first kappa shape index (κ1) is 12.2. The lowest BCUT2D eigenvalue weighted by Crippen LogP contribution is -2.46. The van der Waals surface area contributed by atoms with Crippen LogP contribution < -0.4 is 0 Å². The Bertz CT molecular complexity index is 268. The van der Waals surface area contributed by atoms with Crippen LogP contribution in [0.1, 0.15) is 26.7 Å². The molecule has 1 rings (SSSR count). The van der Waals surface area contributed by atoms with Crippen molar-refractivity contribution in [2.75, 3.05) is 0 Å². The lowest BCUT2D eigenvalue weighted by atomic mass is 9.67. The highest BCUT2D eigenvalue weighted by molar-refractivity contribution is 5.87. The maximum atomic E-state index is 11.3. The van der Waals surface area contributed by atoms with E-state index in [0.717, 1.165) is 6.42 Å². The van der Waals surface area contributed by atoms with E-state index in [1.807, 2.05) is 26.0 Å². The summed E-state index contributed by atoms with van der Waals surface area (Å²) in [7, 11) is 0. The van der Waals surface area contributed by atoms with Gasteiger partial charge in [0.1, 0.15) is 5.78 Å². The van der Waals surface area contributed by atoms with Gasteiger partial charge in [-0.1, -0.05) is 38.7 Å². The summed E-state index contributed by atoms with van der Waals surface area (Å²) in [5, 5.41) is 10.00. The van der Waals surface area contributed by atoms with Gasteiger partial charge in [0.05, 0.1) is 6.10 Å². The van der Waals surface area contributed by atoms with Crippen molar-refractivity contribution in [3.63, 3.8) is 0 Å². The highest BCUT2D eigenvalue weighted by atomic mass is 16.3. The number of carbonyl (C=O) groups is 1. The van der Waals surface area contributed by atoms with Crippen LogP contribution in [0.5, 0.6) is 0 Å². The first-order valence-electron chi connectivity index (χ1n) is 5.56. The predicted octanol–water partition coefficient (Wildman–Crippen LogP) is 2.34. The predicted molar refractivity (Wildman–Crippen MR) is 61.4 cm³/mol. The number of carbonyl (C=O) groups excluding carboxylic acids is 1. The van der Waals surface area contributed by atoms with Crippen LogP contribution in [-0.4, -0.2) is 17.0 Å². The summed E-state index contributed by atoms with van der Waals surface area (Å²) in [5.74, 6) is 0.572. The standard InChI is InChI=1S/C13H20O2/c1-4-5-6-7-9(2)13(15)12-10(3)8-11(12)14/h4-6,9-10,12-13,15H,1,7-8H2,2-3H3/b6-5+/t9-,10?,12-,13-/m1/s1. The van der Waals surface area contributed by atoms with Gasteiger partial charge in [-0.2, -0.15) is 0 Å². The summed E-state index contributed by atoms with van der Waals surface area (Å²) >= 11 is 0. The number of hydrogen-bond acceptors (Lipinski definition) is 2. The van der Waals surface area contributed by atoms with Gasteiger partial charge in [-0.05, 0) is 18.3 Å². The van der Waals surface area contributed by atoms with E-state index in [9.17, 15) is 9.90 Å². The maximum Gasteiger partial charge on any atom is 0.139 e. The minimum atomic E-state index is -0.490. The number of ketones is 1. The van der Waals surface area contributed by atoms with Crippen LogP contribution in [0.3, 0.4) is 0 Å². The second kappa shape index (κ2) is 5.26. The molecular formula is C13H20O2. The van der Waals surface area contributed by atoms with Crippen molar-refractivity contribution in [1.29, 1.82) is 0 Å². The Labute approximate surface area is 91.7 Å².